The number of hydrogen-bond donors (Lipinski definition) is 8. The SMILES string of the molecule is CC(C)C(NC(=O)C(CCCN=C(N)N)NC(=O)C(N)CO)C(=O)NCC(=O)O. The van der Waals surface area contributed by atoms with Crippen molar-refractivity contribution in [3.05, 3.63) is 0 Å². The normalized spacial score (nSPS) is 13.7. The van der Waals surface area contributed by atoms with Gasteiger partial charge in [-0.25, -0.2) is 0 Å². The maximum Gasteiger partial charge on any atom is 0.322 e. The Morgan fingerprint density at radius 1 is 1.03 bits per heavy atom. The number of aliphatic carboxylic acids is 1. The highest BCUT2D eigenvalue weighted by Gasteiger charge is 2.29. The van der Waals surface area contributed by atoms with Gasteiger partial charge in [0, 0.05) is 6.54 Å². The van der Waals surface area contributed by atoms with Crippen molar-refractivity contribution < 1.29 is 29.4 Å². The van der Waals surface area contributed by atoms with Crippen LogP contribution >= 0.6 is 0 Å². The first kappa shape index (κ1) is 26.1. The zero-order valence-electron chi connectivity index (χ0n) is 16.6. The molecular weight excluding hydrogens is 386 g/mol. The van der Waals surface area contributed by atoms with Crippen molar-refractivity contribution in [2.45, 2.75) is 44.8 Å². The van der Waals surface area contributed by atoms with Gasteiger partial charge >= 0.3 is 5.97 Å². The predicted octanol–water partition coefficient (Wildman–Crippen LogP) is -3.81. The molecule has 0 fully saturated rings. The molecule has 0 aromatic rings. The Hall–Kier alpha value is -2.93. The first-order valence-corrected chi connectivity index (χ1v) is 9.01. The zero-order valence-corrected chi connectivity index (χ0v) is 16.6. The van der Waals surface area contributed by atoms with E-state index in [0.29, 0.717) is 6.42 Å². The molecule has 0 aliphatic carbocycles. The number of rotatable bonds is 13. The van der Waals surface area contributed by atoms with E-state index in [1.54, 1.807) is 13.8 Å². The molecule has 166 valence electrons. The number of aliphatic hydroxyl groups is 1. The Labute approximate surface area is 168 Å². The molecule has 0 spiro atoms. The predicted molar refractivity (Wildman–Crippen MR) is 104 cm³/mol. The third-order valence-corrected chi connectivity index (χ3v) is 3.77. The Kier molecular flexibility index (Phi) is 11.9. The molecule has 0 saturated heterocycles. The molecule has 0 heterocycles. The lowest BCUT2D eigenvalue weighted by molar-refractivity contribution is -0.139. The summed E-state index contributed by atoms with van der Waals surface area (Å²) in [6.07, 6.45) is 0.468. The van der Waals surface area contributed by atoms with E-state index in [1.165, 1.54) is 0 Å². The summed E-state index contributed by atoms with van der Waals surface area (Å²) in [7, 11) is 0. The summed E-state index contributed by atoms with van der Waals surface area (Å²) in [5.41, 5.74) is 15.9. The smallest absolute Gasteiger partial charge is 0.322 e. The lowest BCUT2D eigenvalue weighted by Crippen LogP contribution is -2.57. The van der Waals surface area contributed by atoms with Gasteiger partial charge in [-0.05, 0) is 18.8 Å². The minimum absolute atomic E-state index is 0.118. The van der Waals surface area contributed by atoms with Gasteiger partial charge < -0.3 is 43.4 Å². The maximum atomic E-state index is 12.7. The molecule has 11 N–H and O–H groups in total. The molecule has 13 nitrogen and oxygen atoms in total. The Bertz CT molecular complexity index is 607. The van der Waals surface area contributed by atoms with Crippen molar-refractivity contribution in [2.24, 2.45) is 28.1 Å². The molecule has 0 aliphatic rings. The second-order valence-electron chi connectivity index (χ2n) is 6.64. The van der Waals surface area contributed by atoms with Gasteiger partial charge in [-0.2, -0.15) is 0 Å². The van der Waals surface area contributed by atoms with Crippen LogP contribution in [0.1, 0.15) is 26.7 Å². The van der Waals surface area contributed by atoms with Crippen LogP contribution in [-0.2, 0) is 19.2 Å². The average Bonchev–Trinajstić information content (AvgIpc) is 2.64. The fraction of sp³-hybridized carbons (Fsp3) is 0.688. The number of aliphatic imine (C=N–C) groups is 1. The standard InChI is InChI=1S/C16H31N7O6/c1-8(2)12(15(29)21-6-11(25)26)23-14(28)10(4-3-5-20-16(18)19)22-13(27)9(17)7-24/h8-10,12,24H,3-7,17H2,1-2H3,(H,21,29)(H,22,27)(H,23,28)(H,25,26)(H4,18,19,20). The molecule has 0 aromatic carbocycles. The van der Waals surface area contributed by atoms with Gasteiger partial charge in [0.1, 0.15) is 24.7 Å². The molecule has 13 heteroatoms. The van der Waals surface area contributed by atoms with Crippen molar-refractivity contribution in [1.82, 2.24) is 16.0 Å². The highest BCUT2D eigenvalue weighted by molar-refractivity contribution is 5.93. The number of nitrogens with two attached hydrogens (primary N) is 3. The number of carboxylic acid groups (broad SMARTS) is 1. The van der Waals surface area contributed by atoms with Crippen molar-refractivity contribution >= 4 is 29.7 Å². The molecule has 0 aliphatic heterocycles. The lowest BCUT2D eigenvalue weighted by atomic mass is 10.0. The summed E-state index contributed by atoms with van der Waals surface area (Å²) in [6, 6.07) is -3.31. The van der Waals surface area contributed by atoms with Gasteiger partial charge in [-0.1, -0.05) is 13.8 Å². The summed E-state index contributed by atoms with van der Waals surface area (Å²) in [4.78, 5) is 51.2. The van der Waals surface area contributed by atoms with Gasteiger partial charge in [0.25, 0.3) is 0 Å². The van der Waals surface area contributed by atoms with Gasteiger partial charge in [-0.15, -0.1) is 0 Å². The van der Waals surface area contributed by atoms with E-state index in [2.05, 4.69) is 20.9 Å². The number of guanidine groups is 1. The second kappa shape index (κ2) is 13.3. The van der Waals surface area contributed by atoms with Gasteiger partial charge in [-0.3, -0.25) is 24.2 Å². The summed E-state index contributed by atoms with van der Waals surface area (Å²) in [6.45, 7) is 2.33. The van der Waals surface area contributed by atoms with E-state index in [4.69, 9.17) is 27.4 Å². The third-order valence-electron chi connectivity index (χ3n) is 3.77. The fourth-order valence-electron chi connectivity index (χ4n) is 2.20. The number of carbonyl (C=O) groups is 4. The monoisotopic (exact) mass is 417 g/mol. The Morgan fingerprint density at radius 2 is 1.66 bits per heavy atom. The third kappa shape index (κ3) is 10.8. The summed E-state index contributed by atoms with van der Waals surface area (Å²) in [5.74, 6) is -3.79. The van der Waals surface area contributed by atoms with Crippen LogP contribution in [0.3, 0.4) is 0 Å². The quantitative estimate of drug-likeness (QED) is 0.0831. The van der Waals surface area contributed by atoms with E-state index in [9.17, 15) is 19.2 Å². The van der Waals surface area contributed by atoms with E-state index in [-0.39, 0.29) is 24.8 Å². The van der Waals surface area contributed by atoms with Crippen molar-refractivity contribution in [3.8, 4) is 0 Å². The maximum absolute atomic E-state index is 12.7. The molecule has 0 rings (SSSR count). The Morgan fingerprint density at radius 3 is 2.14 bits per heavy atom. The van der Waals surface area contributed by atoms with E-state index >= 15 is 0 Å². The van der Waals surface area contributed by atoms with Crippen LogP contribution < -0.4 is 33.2 Å². The Balaban J connectivity index is 5.19. The molecule has 3 atom stereocenters. The molecular formula is C16H31N7O6. The highest BCUT2D eigenvalue weighted by atomic mass is 16.4. The molecule has 3 amide bonds. The number of carboxylic acids is 1. The second-order valence-corrected chi connectivity index (χ2v) is 6.64. The number of amides is 3. The van der Waals surface area contributed by atoms with Gasteiger partial charge in [0.2, 0.25) is 17.7 Å². The van der Waals surface area contributed by atoms with Crippen molar-refractivity contribution in [2.75, 3.05) is 19.7 Å². The van der Waals surface area contributed by atoms with Crippen molar-refractivity contribution in [3.63, 3.8) is 0 Å². The van der Waals surface area contributed by atoms with Crippen LogP contribution in [-0.4, -0.2) is 77.7 Å². The molecule has 29 heavy (non-hydrogen) atoms. The summed E-state index contributed by atoms with van der Waals surface area (Å²) in [5, 5.41) is 24.8. The van der Waals surface area contributed by atoms with Crippen LogP contribution in [0.25, 0.3) is 0 Å². The largest absolute Gasteiger partial charge is 0.480 e. The minimum atomic E-state index is -1.23. The average molecular weight is 417 g/mol. The minimum Gasteiger partial charge on any atom is -0.480 e. The first-order chi connectivity index (χ1) is 13.5. The fourth-order valence-corrected chi connectivity index (χ4v) is 2.20. The van der Waals surface area contributed by atoms with Crippen LogP contribution in [0, 0.1) is 5.92 Å². The van der Waals surface area contributed by atoms with Crippen LogP contribution in [0.15, 0.2) is 4.99 Å². The van der Waals surface area contributed by atoms with Gasteiger partial charge in [0.15, 0.2) is 5.96 Å². The summed E-state index contributed by atoms with van der Waals surface area (Å²) >= 11 is 0. The number of carbonyl (C=O) groups excluding carboxylic acids is 3. The number of nitrogens with zero attached hydrogens (tertiary/aromatic N) is 1. The van der Waals surface area contributed by atoms with Crippen LogP contribution in [0.2, 0.25) is 0 Å². The molecule has 0 bridgehead atoms. The van der Waals surface area contributed by atoms with Crippen LogP contribution in [0.5, 0.6) is 0 Å². The van der Waals surface area contributed by atoms with E-state index < -0.39 is 55.0 Å². The van der Waals surface area contributed by atoms with E-state index in [1.807, 2.05) is 0 Å². The molecule has 0 saturated carbocycles. The number of aliphatic hydroxyl groups excluding tert-OH is 1. The van der Waals surface area contributed by atoms with Crippen LogP contribution in [0.4, 0.5) is 0 Å². The first-order valence-electron chi connectivity index (χ1n) is 9.01. The van der Waals surface area contributed by atoms with E-state index in [0.717, 1.165) is 0 Å². The number of nitrogens with one attached hydrogen (secondary N) is 3. The summed E-state index contributed by atoms with van der Waals surface area (Å²) < 4.78 is 0. The topological polar surface area (TPSA) is 235 Å². The molecule has 0 radical (unpaired) electrons. The van der Waals surface area contributed by atoms with Gasteiger partial charge in [0.05, 0.1) is 6.61 Å². The highest BCUT2D eigenvalue weighted by Crippen LogP contribution is 2.05. The molecule has 0 aromatic heterocycles. The lowest BCUT2D eigenvalue weighted by Gasteiger charge is -2.25. The zero-order chi connectivity index (χ0) is 22.6. The number of hydrogen-bond acceptors (Lipinski definition) is 7. The molecule has 3 unspecified atom stereocenters. The van der Waals surface area contributed by atoms with Crippen molar-refractivity contribution in [1.29, 1.82) is 0 Å².